The average Bonchev–Trinajstić information content (AvgIpc) is 2.37. The van der Waals surface area contributed by atoms with E-state index in [9.17, 15) is 18.4 Å². The van der Waals surface area contributed by atoms with E-state index in [2.05, 4.69) is 10.1 Å². The van der Waals surface area contributed by atoms with Crippen molar-refractivity contribution in [3.05, 3.63) is 0 Å². The molecule has 0 aromatic carbocycles. The Labute approximate surface area is 109 Å². The second kappa shape index (κ2) is 7.88. The van der Waals surface area contributed by atoms with Crippen LogP contribution in [0.15, 0.2) is 0 Å². The van der Waals surface area contributed by atoms with Gasteiger partial charge in [-0.05, 0) is 12.8 Å². The number of amides is 2. The van der Waals surface area contributed by atoms with E-state index in [-0.39, 0.29) is 25.7 Å². The van der Waals surface area contributed by atoms with Crippen molar-refractivity contribution in [1.82, 2.24) is 10.2 Å². The van der Waals surface area contributed by atoms with Gasteiger partial charge in [0.15, 0.2) is 0 Å². The standard InChI is InChI=1S/C11H18F2N2O4/c12-9(13)7-19-5-3-14-11(18)15-4-1-2-8(6-15)10(16)17/h8-9H,1-7H2,(H,14,18)(H,16,17)/t8-/m1/s1. The molecule has 0 saturated carbocycles. The van der Waals surface area contributed by atoms with Gasteiger partial charge in [0.05, 0.1) is 12.5 Å². The summed E-state index contributed by atoms with van der Waals surface area (Å²) in [6.45, 7) is 0.166. The van der Waals surface area contributed by atoms with E-state index in [1.807, 2.05) is 0 Å². The molecule has 6 nitrogen and oxygen atoms in total. The fourth-order valence-electron chi connectivity index (χ4n) is 1.88. The van der Waals surface area contributed by atoms with E-state index in [4.69, 9.17) is 5.11 Å². The van der Waals surface area contributed by atoms with Crippen molar-refractivity contribution < 1.29 is 28.2 Å². The molecule has 0 aromatic heterocycles. The Hall–Kier alpha value is -1.44. The fourth-order valence-corrected chi connectivity index (χ4v) is 1.88. The van der Waals surface area contributed by atoms with Crippen LogP contribution < -0.4 is 5.32 Å². The monoisotopic (exact) mass is 280 g/mol. The Morgan fingerprint density at radius 2 is 2.21 bits per heavy atom. The molecule has 19 heavy (non-hydrogen) atoms. The number of nitrogens with zero attached hydrogens (tertiary/aromatic N) is 1. The molecular formula is C11H18F2N2O4. The number of nitrogens with one attached hydrogen (secondary N) is 1. The molecule has 1 fully saturated rings. The SMILES string of the molecule is O=C(O)[C@@H]1CCCN(C(=O)NCCOCC(F)F)C1. The third kappa shape index (κ3) is 5.82. The van der Waals surface area contributed by atoms with Crippen LogP contribution in [0.2, 0.25) is 0 Å². The van der Waals surface area contributed by atoms with Gasteiger partial charge < -0.3 is 20.1 Å². The van der Waals surface area contributed by atoms with Crippen LogP contribution in [0, 0.1) is 5.92 Å². The minimum atomic E-state index is -2.52. The zero-order valence-electron chi connectivity index (χ0n) is 10.5. The van der Waals surface area contributed by atoms with Gasteiger partial charge >= 0.3 is 12.0 Å². The highest BCUT2D eigenvalue weighted by atomic mass is 19.3. The van der Waals surface area contributed by atoms with E-state index >= 15 is 0 Å². The van der Waals surface area contributed by atoms with Gasteiger partial charge in [-0.1, -0.05) is 0 Å². The highest BCUT2D eigenvalue weighted by Crippen LogP contribution is 2.16. The predicted molar refractivity (Wildman–Crippen MR) is 62.2 cm³/mol. The number of carboxylic acids is 1. The Kier molecular flexibility index (Phi) is 6.48. The van der Waals surface area contributed by atoms with E-state index in [1.165, 1.54) is 4.90 Å². The van der Waals surface area contributed by atoms with Crippen LogP contribution in [0.4, 0.5) is 13.6 Å². The minimum Gasteiger partial charge on any atom is -0.481 e. The topological polar surface area (TPSA) is 78.9 Å². The first-order valence-corrected chi connectivity index (χ1v) is 6.12. The van der Waals surface area contributed by atoms with Gasteiger partial charge in [0, 0.05) is 19.6 Å². The molecule has 0 spiro atoms. The molecule has 1 heterocycles. The quantitative estimate of drug-likeness (QED) is 0.705. The van der Waals surface area contributed by atoms with Gasteiger partial charge in [0.25, 0.3) is 6.43 Å². The Bertz CT molecular complexity index is 315. The molecule has 0 bridgehead atoms. The van der Waals surface area contributed by atoms with Crippen molar-refractivity contribution >= 4 is 12.0 Å². The summed E-state index contributed by atoms with van der Waals surface area (Å²) < 4.78 is 28.1. The van der Waals surface area contributed by atoms with Gasteiger partial charge in [-0.25, -0.2) is 13.6 Å². The van der Waals surface area contributed by atoms with Crippen molar-refractivity contribution in [2.45, 2.75) is 19.3 Å². The van der Waals surface area contributed by atoms with E-state index in [0.29, 0.717) is 19.4 Å². The third-order valence-corrected chi connectivity index (χ3v) is 2.82. The van der Waals surface area contributed by atoms with Crippen molar-refractivity contribution in [3.8, 4) is 0 Å². The number of alkyl halides is 2. The molecule has 0 unspecified atom stereocenters. The average molecular weight is 280 g/mol. The first kappa shape index (κ1) is 15.6. The van der Waals surface area contributed by atoms with Gasteiger partial charge in [-0.3, -0.25) is 4.79 Å². The van der Waals surface area contributed by atoms with Crippen molar-refractivity contribution in [2.75, 3.05) is 32.8 Å². The number of carbonyl (C=O) groups is 2. The van der Waals surface area contributed by atoms with Crippen molar-refractivity contribution in [3.63, 3.8) is 0 Å². The number of halogens is 2. The maximum Gasteiger partial charge on any atom is 0.317 e. The van der Waals surface area contributed by atoms with Crippen LogP contribution in [0.1, 0.15) is 12.8 Å². The summed E-state index contributed by atoms with van der Waals surface area (Å²) in [6, 6.07) is -0.383. The molecule has 2 amide bonds. The normalized spacial score (nSPS) is 19.5. The number of urea groups is 1. The van der Waals surface area contributed by atoms with Crippen molar-refractivity contribution in [1.29, 1.82) is 0 Å². The van der Waals surface area contributed by atoms with Crippen LogP contribution in [-0.4, -0.2) is 61.3 Å². The fraction of sp³-hybridized carbons (Fsp3) is 0.818. The smallest absolute Gasteiger partial charge is 0.317 e. The molecule has 0 aromatic rings. The molecule has 110 valence electrons. The van der Waals surface area contributed by atoms with Gasteiger partial charge in [0.2, 0.25) is 0 Å². The lowest BCUT2D eigenvalue weighted by Crippen LogP contribution is -2.47. The molecule has 1 rings (SSSR count). The number of rotatable bonds is 6. The zero-order chi connectivity index (χ0) is 14.3. The Morgan fingerprint density at radius 3 is 2.84 bits per heavy atom. The first-order valence-electron chi connectivity index (χ1n) is 6.12. The molecule has 1 atom stereocenters. The van der Waals surface area contributed by atoms with Crippen LogP contribution in [0.5, 0.6) is 0 Å². The zero-order valence-corrected chi connectivity index (χ0v) is 10.5. The summed E-state index contributed by atoms with van der Waals surface area (Å²) in [5.41, 5.74) is 0. The molecule has 1 aliphatic rings. The molecule has 1 aliphatic heterocycles. The van der Waals surface area contributed by atoms with Gasteiger partial charge in [0.1, 0.15) is 6.61 Å². The second-order valence-corrected chi connectivity index (χ2v) is 4.32. The second-order valence-electron chi connectivity index (χ2n) is 4.32. The maximum atomic E-state index is 11.8. The number of carbonyl (C=O) groups excluding carboxylic acids is 1. The highest BCUT2D eigenvalue weighted by Gasteiger charge is 2.27. The number of ether oxygens (including phenoxy) is 1. The van der Waals surface area contributed by atoms with Crippen LogP contribution in [0.3, 0.4) is 0 Å². The van der Waals surface area contributed by atoms with E-state index in [0.717, 1.165) is 0 Å². The first-order chi connectivity index (χ1) is 9.00. The van der Waals surface area contributed by atoms with Crippen molar-refractivity contribution in [2.24, 2.45) is 5.92 Å². The summed E-state index contributed by atoms with van der Waals surface area (Å²) in [5, 5.41) is 11.4. The van der Waals surface area contributed by atoms with E-state index in [1.54, 1.807) is 0 Å². The number of piperidine rings is 1. The van der Waals surface area contributed by atoms with E-state index < -0.39 is 24.9 Å². The third-order valence-electron chi connectivity index (χ3n) is 2.82. The molecular weight excluding hydrogens is 262 g/mol. The van der Waals surface area contributed by atoms with Gasteiger partial charge in [-0.2, -0.15) is 0 Å². The number of hydrogen-bond donors (Lipinski definition) is 2. The summed E-state index contributed by atoms with van der Waals surface area (Å²) in [5.74, 6) is -1.44. The Balaban J connectivity index is 2.20. The molecule has 8 heteroatoms. The summed E-state index contributed by atoms with van der Waals surface area (Å²) in [6.07, 6.45) is -1.31. The predicted octanol–water partition coefficient (Wildman–Crippen LogP) is 0.774. The number of likely N-dealkylation sites (tertiary alicyclic amines) is 1. The molecule has 0 aliphatic carbocycles. The molecule has 1 saturated heterocycles. The summed E-state index contributed by atoms with van der Waals surface area (Å²) >= 11 is 0. The maximum absolute atomic E-state index is 11.8. The van der Waals surface area contributed by atoms with Crippen LogP contribution >= 0.6 is 0 Å². The van der Waals surface area contributed by atoms with Crippen LogP contribution in [-0.2, 0) is 9.53 Å². The lowest BCUT2D eigenvalue weighted by molar-refractivity contribution is -0.143. The lowest BCUT2D eigenvalue weighted by atomic mass is 9.99. The summed E-state index contributed by atoms with van der Waals surface area (Å²) in [7, 11) is 0. The highest BCUT2D eigenvalue weighted by molar-refractivity contribution is 5.76. The van der Waals surface area contributed by atoms with Crippen LogP contribution in [0.25, 0.3) is 0 Å². The number of hydrogen-bond acceptors (Lipinski definition) is 3. The molecule has 0 radical (unpaired) electrons. The Morgan fingerprint density at radius 1 is 1.47 bits per heavy atom. The number of carboxylic acid groups (broad SMARTS) is 1. The number of aliphatic carboxylic acids is 1. The van der Waals surface area contributed by atoms with Gasteiger partial charge in [-0.15, -0.1) is 0 Å². The lowest BCUT2D eigenvalue weighted by Gasteiger charge is -2.30. The minimum absolute atomic E-state index is 0.00623. The molecule has 2 N–H and O–H groups in total. The largest absolute Gasteiger partial charge is 0.481 e. The summed E-state index contributed by atoms with van der Waals surface area (Å²) in [4.78, 5) is 23.9.